The van der Waals surface area contributed by atoms with E-state index in [-0.39, 0.29) is 24.3 Å². The van der Waals surface area contributed by atoms with Crippen LogP contribution in [0, 0.1) is 0 Å². The predicted octanol–water partition coefficient (Wildman–Crippen LogP) is 3.62. The van der Waals surface area contributed by atoms with E-state index >= 15 is 0 Å². The van der Waals surface area contributed by atoms with E-state index in [0.717, 1.165) is 42.9 Å². The first-order valence-corrected chi connectivity index (χ1v) is 9.73. The van der Waals surface area contributed by atoms with Gasteiger partial charge in [-0.1, -0.05) is 12.8 Å². The molecule has 29 heavy (non-hydrogen) atoms. The number of hydrogen-bond acceptors (Lipinski definition) is 6. The molecular formula is C20H23F3N4O2. The van der Waals surface area contributed by atoms with Gasteiger partial charge < -0.3 is 20.9 Å². The molecule has 0 unspecified atom stereocenters. The van der Waals surface area contributed by atoms with Crippen LogP contribution in [-0.2, 0) is 23.9 Å². The molecule has 0 amide bonds. The van der Waals surface area contributed by atoms with Gasteiger partial charge in [0.05, 0.1) is 18.8 Å². The number of hydrogen-bond donors (Lipinski definition) is 3. The number of nitrogens with zero attached hydrogens (tertiary/aromatic N) is 2. The molecular weight excluding hydrogens is 385 g/mol. The summed E-state index contributed by atoms with van der Waals surface area (Å²) < 4.78 is 44.3. The molecule has 1 aromatic carbocycles. The van der Waals surface area contributed by atoms with Gasteiger partial charge in [-0.3, -0.25) is 0 Å². The molecule has 1 aliphatic carbocycles. The van der Waals surface area contributed by atoms with E-state index in [1.165, 1.54) is 6.07 Å². The normalized spacial score (nSPS) is 22.2. The van der Waals surface area contributed by atoms with Crippen molar-refractivity contribution in [2.75, 3.05) is 11.9 Å². The molecule has 2 aromatic rings. The average molecular weight is 408 g/mol. The molecule has 4 rings (SSSR count). The maximum absolute atomic E-state index is 12.9. The molecule has 1 aromatic heterocycles. The Morgan fingerprint density at radius 1 is 1.14 bits per heavy atom. The minimum atomic E-state index is -4.53. The summed E-state index contributed by atoms with van der Waals surface area (Å²) in [5, 5.41) is 22.2. The molecule has 6 nitrogen and oxygen atoms in total. The van der Waals surface area contributed by atoms with Crippen molar-refractivity contribution in [2.45, 2.75) is 57.0 Å². The number of phenolic OH excluding ortho intramolecular Hbond substituents is 1. The summed E-state index contributed by atoms with van der Waals surface area (Å²) >= 11 is 0. The topological polar surface area (TPSA) is 93.3 Å². The quantitative estimate of drug-likeness (QED) is 0.718. The zero-order valence-corrected chi connectivity index (χ0v) is 15.8. The third-order valence-electron chi connectivity index (χ3n) is 5.65. The molecule has 1 fully saturated rings. The number of nitrogens with two attached hydrogens (primary N) is 1. The summed E-state index contributed by atoms with van der Waals surface area (Å²) in [4.78, 5) is 0. The highest BCUT2D eigenvalue weighted by atomic mass is 19.4. The van der Waals surface area contributed by atoms with Gasteiger partial charge in [-0.15, -0.1) is 10.2 Å². The van der Waals surface area contributed by atoms with Crippen molar-refractivity contribution < 1.29 is 23.0 Å². The van der Waals surface area contributed by atoms with E-state index in [2.05, 4.69) is 15.5 Å². The molecule has 0 saturated heterocycles. The smallest absolute Gasteiger partial charge is 0.416 e. The van der Waals surface area contributed by atoms with Gasteiger partial charge in [-0.25, -0.2) is 0 Å². The highest BCUT2D eigenvalue weighted by molar-refractivity contribution is 5.73. The molecule has 1 aliphatic heterocycles. The monoisotopic (exact) mass is 408 g/mol. The van der Waals surface area contributed by atoms with Crippen molar-refractivity contribution >= 4 is 5.82 Å². The Kier molecular flexibility index (Phi) is 5.35. The standard InChI is InChI=1S/C20H23F3N4O2/c21-20(22,23)11-5-6-13(17(28)9-11)18-14-10-29-8-7-12(14)19(27-26-18)25-16-4-2-1-3-15(16)24/h5-6,9,15-16,28H,1-4,7-8,10,24H2,(H,25,27)/t15-,16-/m1/s1. The minimum absolute atomic E-state index is 0.0414. The van der Waals surface area contributed by atoms with Crippen LogP contribution in [0.15, 0.2) is 18.2 Å². The van der Waals surface area contributed by atoms with Crippen LogP contribution in [0.1, 0.15) is 42.4 Å². The van der Waals surface area contributed by atoms with Gasteiger partial charge in [0.1, 0.15) is 11.4 Å². The molecule has 0 radical (unpaired) electrons. The number of aromatic nitrogens is 2. The number of benzene rings is 1. The van der Waals surface area contributed by atoms with Crippen molar-refractivity contribution in [3.05, 3.63) is 34.9 Å². The Bertz CT molecular complexity index is 904. The first kappa shape index (κ1) is 19.9. The van der Waals surface area contributed by atoms with Crippen LogP contribution in [0.2, 0.25) is 0 Å². The van der Waals surface area contributed by atoms with Crippen LogP contribution in [0.3, 0.4) is 0 Å². The minimum Gasteiger partial charge on any atom is -0.507 e. The van der Waals surface area contributed by atoms with Crippen molar-refractivity contribution in [2.24, 2.45) is 5.73 Å². The zero-order valence-electron chi connectivity index (χ0n) is 15.8. The van der Waals surface area contributed by atoms with E-state index in [0.29, 0.717) is 30.6 Å². The predicted molar refractivity (Wildman–Crippen MR) is 101 cm³/mol. The molecule has 4 N–H and O–H groups in total. The van der Waals surface area contributed by atoms with Crippen molar-refractivity contribution in [3.8, 4) is 17.0 Å². The lowest BCUT2D eigenvalue weighted by Gasteiger charge is -2.31. The van der Waals surface area contributed by atoms with Gasteiger partial charge in [0.15, 0.2) is 5.82 Å². The van der Waals surface area contributed by atoms with E-state index < -0.39 is 17.5 Å². The first-order valence-electron chi connectivity index (χ1n) is 9.73. The van der Waals surface area contributed by atoms with Crippen molar-refractivity contribution in [1.29, 1.82) is 0 Å². The number of alkyl halides is 3. The van der Waals surface area contributed by atoms with Gasteiger partial charge in [0.25, 0.3) is 0 Å². The largest absolute Gasteiger partial charge is 0.507 e. The van der Waals surface area contributed by atoms with Crippen LogP contribution in [-0.4, -0.2) is 34.0 Å². The van der Waals surface area contributed by atoms with Crippen LogP contribution in [0.5, 0.6) is 5.75 Å². The first-order chi connectivity index (χ1) is 13.8. The molecule has 1 saturated carbocycles. The maximum atomic E-state index is 12.9. The van der Waals surface area contributed by atoms with Gasteiger partial charge in [-0.05, 0) is 37.5 Å². The number of ether oxygens (including phenoxy) is 1. The van der Waals surface area contributed by atoms with Gasteiger partial charge in [-0.2, -0.15) is 13.2 Å². The van der Waals surface area contributed by atoms with Crippen LogP contribution >= 0.6 is 0 Å². The highest BCUT2D eigenvalue weighted by Crippen LogP contribution is 2.39. The fourth-order valence-electron chi connectivity index (χ4n) is 4.03. The number of halogens is 3. The molecule has 2 heterocycles. The van der Waals surface area contributed by atoms with Crippen LogP contribution in [0.4, 0.5) is 19.0 Å². The maximum Gasteiger partial charge on any atom is 0.416 e. The third-order valence-corrected chi connectivity index (χ3v) is 5.65. The number of nitrogens with one attached hydrogen (secondary N) is 1. The fourth-order valence-corrected chi connectivity index (χ4v) is 4.03. The lowest BCUT2D eigenvalue weighted by atomic mass is 9.90. The van der Waals surface area contributed by atoms with Crippen molar-refractivity contribution in [1.82, 2.24) is 10.2 Å². The summed E-state index contributed by atoms with van der Waals surface area (Å²) in [6.45, 7) is 0.772. The van der Waals surface area contributed by atoms with Crippen LogP contribution < -0.4 is 11.1 Å². The molecule has 156 valence electrons. The molecule has 0 spiro atoms. The van der Waals surface area contributed by atoms with Crippen molar-refractivity contribution in [3.63, 3.8) is 0 Å². The van der Waals surface area contributed by atoms with Gasteiger partial charge in [0.2, 0.25) is 0 Å². The second kappa shape index (κ2) is 7.79. The fraction of sp³-hybridized carbons (Fsp3) is 0.500. The molecule has 2 aliphatic rings. The second-order valence-corrected chi connectivity index (χ2v) is 7.59. The van der Waals surface area contributed by atoms with E-state index in [4.69, 9.17) is 10.5 Å². The Labute approximate surface area is 166 Å². The Morgan fingerprint density at radius 2 is 1.93 bits per heavy atom. The summed E-state index contributed by atoms with van der Waals surface area (Å²) in [5.41, 5.74) is 7.50. The number of rotatable bonds is 3. The molecule has 0 bridgehead atoms. The molecule has 9 heteroatoms. The summed E-state index contributed by atoms with van der Waals surface area (Å²) in [6, 6.07) is 3.01. The zero-order chi connectivity index (χ0) is 20.6. The van der Waals surface area contributed by atoms with Gasteiger partial charge in [0, 0.05) is 28.8 Å². The lowest BCUT2D eigenvalue weighted by Crippen LogP contribution is -2.43. The molecule has 2 atom stereocenters. The van der Waals surface area contributed by atoms with E-state index in [9.17, 15) is 18.3 Å². The summed E-state index contributed by atoms with van der Waals surface area (Å²) in [5.74, 6) is 0.151. The number of phenols is 1. The third kappa shape index (κ3) is 4.02. The summed E-state index contributed by atoms with van der Waals surface area (Å²) in [6.07, 6.45) is 0.189. The Hall–Kier alpha value is -2.39. The lowest BCUT2D eigenvalue weighted by molar-refractivity contribution is -0.137. The number of aromatic hydroxyl groups is 1. The Balaban J connectivity index is 1.71. The SMILES string of the molecule is N[C@@H]1CCCC[C@H]1Nc1nnc(-c2ccc(C(F)(F)F)cc2O)c2c1CCOC2. The summed E-state index contributed by atoms with van der Waals surface area (Å²) in [7, 11) is 0. The highest BCUT2D eigenvalue weighted by Gasteiger charge is 2.32. The Morgan fingerprint density at radius 3 is 2.66 bits per heavy atom. The average Bonchev–Trinajstić information content (AvgIpc) is 2.69. The number of anilines is 1. The number of fused-ring (bicyclic) bond motifs is 1. The van der Waals surface area contributed by atoms with Gasteiger partial charge >= 0.3 is 6.18 Å². The van der Waals surface area contributed by atoms with E-state index in [1.807, 2.05) is 0 Å². The van der Waals surface area contributed by atoms with Crippen LogP contribution in [0.25, 0.3) is 11.3 Å². The van der Waals surface area contributed by atoms with E-state index in [1.54, 1.807) is 0 Å². The second-order valence-electron chi connectivity index (χ2n) is 7.59.